The summed E-state index contributed by atoms with van der Waals surface area (Å²) in [6.45, 7) is 2.14. The Hall–Kier alpha value is -3.54. The highest BCUT2D eigenvalue weighted by Crippen LogP contribution is 2.38. The molecule has 3 aromatic rings. The lowest BCUT2D eigenvalue weighted by Crippen LogP contribution is -2.16. The molecule has 1 aliphatic heterocycles. The number of aryl methyl sites for hydroxylation is 1. The molecule has 0 aromatic heterocycles. The van der Waals surface area contributed by atoms with Gasteiger partial charge in [0.15, 0.2) is 5.76 Å². The standard InChI is InChI=1S/C29H26F3NO2/c1-2-3-7-18-14-19-8-4-5-11-24(19)21(15-18)17-25-27(34)26(28(35-25)33-23-12-13-23)20-9-6-10-22(16-20)29(30,31)32/h4-6,8-11,14-17,23,33H,2-3,7,12-13H2,1H3. The quantitative estimate of drug-likeness (QED) is 0.364. The van der Waals surface area contributed by atoms with E-state index in [1.165, 1.54) is 17.7 Å². The number of benzene rings is 3. The first-order chi connectivity index (χ1) is 16.8. The van der Waals surface area contributed by atoms with Crippen molar-refractivity contribution in [3.63, 3.8) is 0 Å². The number of ether oxygens (including phenoxy) is 1. The molecule has 5 rings (SSSR count). The van der Waals surface area contributed by atoms with Crippen molar-refractivity contribution < 1.29 is 22.7 Å². The summed E-state index contributed by atoms with van der Waals surface area (Å²) in [7, 11) is 0. The smallest absolute Gasteiger partial charge is 0.416 e. The molecule has 3 nitrogen and oxygen atoms in total. The van der Waals surface area contributed by atoms with Crippen LogP contribution in [-0.4, -0.2) is 11.8 Å². The Morgan fingerprint density at radius 3 is 2.60 bits per heavy atom. The van der Waals surface area contributed by atoms with Crippen LogP contribution in [0.15, 0.2) is 72.3 Å². The third-order valence-corrected chi connectivity index (χ3v) is 6.34. The fraction of sp³-hybridized carbons (Fsp3) is 0.276. The molecule has 0 saturated heterocycles. The zero-order valence-electron chi connectivity index (χ0n) is 19.4. The molecule has 180 valence electrons. The number of carbonyl (C=O) groups excluding carboxylic acids is 1. The van der Waals surface area contributed by atoms with E-state index in [1.54, 1.807) is 6.08 Å². The summed E-state index contributed by atoms with van der Waals surface area (Å²) < 4.78 is 46.0. The zero-order valence-corrected chi connectivity index (χ0v) is 19.4. The third-order valence-electron chi connectivity index (χ3n) is 6.34. The molecule has 3 aromatic carbocycles. The molecule has 1 saturated carbocycles. The number of halogens is 3. The molecule has 35 heavy (non-hydrogen) atoms. The van der Waals surface area contributed by atoms with Gasteiger partial charge in [0.05, 0.1) is 11.1 Å². The lowest BCUT2D eigenvalue weighted by Gasteiger charge is -2.10. The Balaban J connectivity index is 1.56. The molecule has 0 atom stereocenters. The molecule has 1 heterocycles. The van der Waals surface area contributed by atoms with E-state index < -0.39 is 17.5 Å². The molecule has 6 heteroatoms. The van der Waals surface area contributed by atoms with Crippen LogP contribution in [0.5, 0.6) is 0 Å². The van der Waals surface area contributed by atoms with Crippen molar-refractivity contribution in [1.82, 2.24) is 5.32 Å². The molecule has 0 radical (unpaired) electrons. The first-order valence-electron chi connectivity index (χ1n) is 12.0. The summed E-state index contributed by atoms with van der Waals surface area (Å²) in [6.07, 6.45) is 2.13. The Labute approximate surface area is 202 Å². The average Bonchev–Trinajstić information content (AvgIpc) is 3.60. The summed E-state index contributed by atoms with van der Waals surface area (Å²) in [4.78, 5) is 13.5. The third kappa shape index (κ3) is 4.97. The van der Waals surface area contributed by atoms with Crippen molar-refractivity contribution >= 4 is 28.2 Å². The number of carbonyl (C=O) groups is 1. The minimum atomic E-state index is -4.50. The molecule has 2 aliphatic rings. The molecule has 0 unspecified atom stereocenters. The summed E-state index contributed by atoms with van der Waals surface area (Å²) in [5, 5.41) is 5.25. The maximum absolute atomic E-state index is 13.5. The lowest BCUT2D eigenvalue weighted by atomic mass is 9.96. The minimum absolute atomic E-state index is 0.110. The maximum Gasteiger partial charge on any atom is 0.416 e. The molecule has 0 amide bonds. The van der Waals surface area contributed by atoms with Gasteiger partial charge >= 0.3 is 6.18 Å². The second-order valence-corrected chi connectivity index (χ2v) is 9.15. The summed E-state index contributed by atoms with van der Waals surface area (Å²) in [5.74, 6) is -0.0802. The maximum atomic E-state index is 13.5. The van der Waals surface area contributed by atoms with Crippen LogP contribution >= 0.6 is 0 Å². The SMILES string of the molecule is CCCCc1cc(C=C2OC(NC3CC3)=C(c3cccc(C(F)(F)F)c3)C2=O)c2ccccc2c1. The number of allylic oxidation sites excluding steroid dienone is 1. The number of ketones is 1. The van der Waals surface area contributed by atoms with E-state index in [0.717, 1.165) is 60.6 Å². The Morgan fingerprint density at radius 1 is 1.06 bits per heavy atom. The van der Waals surface area contributed by atoms with Crippen molar-refractivity contribution in [3.8, 4) is 0 Å². The Morgan fingerprint density at radius 2 is 1.86 bits per heavy atom. The van der Waals surface area contributed by atoms with Crippen LogP contribution in [0.2, 0.25) is 0 Å². The highest BCUT2D eigenvalue weighted by Gasteiger charge is 2.37. The van der Waals surface area contributed by atoms with E-state index in [-0.39, 0.29) is 28.8 Å². The predicted octanol–water partition coefficient (Wildman–Crippen LogP) is 7.26. The van der Waals surface area contributed by atoms with E-state index in [0.29, 0.717) is 0 Å². The molecular formula is C29H26F3NO2. The molecular weight excluding hydrogens is 451 g/mol. The fourth-order valence-electron chi connectivity index (χ4n) is 4.35. The van der Waals surface area contributed by atoms with Crippen molar-refractivity contribution in [2.24, 2.45) is 0 Å². The zero-order chi connectivity index (χ0) is 24.6. The van der Waals surface area contributed by atoms with Crippen LogP contribution in [-0.2, 0) is 22.1 Å². The van der Waals surface area contributed by atoms with Crippen LogP contribution in [0.1, 0.15) is 54.9 Å². The van der Waals surface area contributed by atoms with Crippen molar-refractivity contribution in [2.45, 2.75) is 51.2 Å². The van der Waals surface area contributed by atoms with E-state index in [1.807, 2.05) is 24.3 Å². The minimum Gasteiger partial charge on any atom is -0.436 e. The number of unbranched alkanes of at least 4 members (excludes halogenated alkanes) is 1. The topological polar surface area (TPSA) is 38.3 Å². The van der Waals surface area contributed by atoms with Gasteiger partial charge in [-0.05, 0) is 71.4 Å². The number of nitrogens with one attached hydrogen (secondary N) is 1. The van der Waals surface area contributed by atoms with E-state index >= 15 is 0 Å². The van der Waals surface area contributed by atoms with Gasteiger partial charge in [-0.2, -0.15) is 13.2 Å². The van der Waals surface area contributed by atoms with Gasteiger partial charge in [0.25, 0.3) is 0 Å². The summed E-state index contributed by atoms with van der Waals surface area (Å²) in [5.41, 5.74) is 1.56. The monoisotopic (exact) mass is 477 g/mol. The van der Waals surface area contributed by atoms with E-state index in [2.05, 4.69) is 24.4 Å². The first kappa shape index (κ1) is 23.2. The van der Waals surface area contributed by atoms with Crippen molar-refractivity contribution in [3.05, 3.63) is 94.6 Å². The van der Waals surface area contributed by atoms with Gasteiger partial charge in [0.2, 0.25) is 11.7 Å². The highest BCUT2D eigenvalue weighted by molar-refractivity contribution is 6.31. The van der Waals surface area contributed by atoms with Gasteiger partial charge in [-0.15, -0.1) is 0 Å². The summed E-state index contributed by atoms with van der Waals surface area (Å²) in [6, 6.07) is 17.2. The Kier molecular flexibility index (Phi) is 6.13. The van der Waals surface area contributed by atoms with Gasteiger partial charge in [-0.1, -0.05) is 61.9 Å². The normalized spacial score (nSPS) is 17.4. The average molecular weight is 478 g/mol. The second-order valence-electron chi connectivity index (χ2n) is 9.15. The number of hydrogen-bond donors (Lipinski definition) is 1. The van der Waals surface area contributed by atoms with Gasteiger partial charge in [0, 0.05) is 6.04 Å². The predicted molar refractivity (Wildman–Crippen MR) is 131 cm³/mol. The summed E-state index contributed by atoms with van der Waals surface area (Å²) >= 11 is 0. The van der Waals surface area contributed by atoms with Gasteiger partial charge < -0.3 is 10.1 Å². The Bertz CT molecular complexity index is 1350. The van der Waals surface area contributed by atoms with Crippen LogP contribution in [0, 0.1) is 0 Å². The number of hydrogen-bond acceptors (Lipinski definition) is 3. The van der Waals surface area contributed by atoms with Crippen LogP contribution in [0.4, 0.5) is 13.2 Å². The fourth-order valence-corrected chi connectivity index (χ4v) is 4.35. The van der Waals surface area contributed by atoms with Gasteiger partial charge in [-0.25, -0.2) is 0 Å². The second kappa shape index (κ2) is 9.25. The molecule has 0 spiro atoms. The number of Topliss-reactive ketones (excluding diaryl/α,β-unsaturated/α-hetero) is 1. The number of rotatable bonds is 7. The van der Waals surface area contributed by atoms with Crippen LogP contribution in [0.25, 0.3) is 22.4 Å². The van der Waals surface area contributed by atoms with Crippen molar-refractivity contribution in [1.29, 1.82) is 0 Å². The van der Waals surface area contributed by atoms with Crippen molar-refractivity contribution in [2.75, 3.05) is 0 Å². The molecule has 0 bridgehead atoms. The van der Waals surface area contributed by atoms with Crippen LogP contribution < -0.4 is 5.32 Å². The van der Waals surface area contributed by atoms with Gasteiger partial charge in [0.1, 0.15) is 0 Å². The van der Waals surface area contributed by atoms with Crippen LogP contribution in [0.3, 0.4) is 0 Å². The molecule has 1 N–H and O–H groups in total. The first-order valence-corrected chi connectivity index (χ1v) is 12.0. The number of fused-ring (bicyclic) bond motifs is 1. The highest BCUT2D eigenvalue weighted by atomic mass is 19.4. The molecule has 1 fully saturated rings. The lowest BCUT2D eigenvalue weighted by molar-refractivity contribution is -0.137. The van der Waals surface area contributed by atoms with E-state index in [4.69, 9.17) is 4.74 Å². The molecule has 1 aliphatic carbocycles. The van der Waals surface area contributed by atoms with Gasteiger partial charge in [-0.3, -0.25) is 4.79 Å². The van der Waals surface area contributed by atoms with E-state index in [9.17, 15) is 18.0 Å². The number of alkyl halides is 3. The largest absolute Gasteiger partial charge is 0.436 e.